The first-order valence-corrected chi connectivity index (χ1v) is 7.67. The summed E-state index contributed by atoms with van der Waals surface area (Å²) in [5, 5.41) is 10.3. The van der Waals surface area contributed by atoms with Crippen molar-refractivity contribution in [2.24, 2.45) is 16.2 Å². The Labute approximate surface area is 129 Å². The van der Waals surface area contributed by atoms with Crippen molar-refractivity contribution in [3.8, 4) is 0 Å². The third-order valence-electron chi connectivity index (χ3n) is 4.74. The number of carbonyl (C=O) groups is 1. The monoisotopic (exact) mass is 294 g/mol. The highest BCUT2D eigenvalue weighted by Crippen LogP contribution is 2.61. The van der Waals surface area contributed by atoms with E-state index in [0.717, 1.165) is 5.57 Å². The fraction of sp³-hybridized carbons (Fsp3) is 0.722. The van der Waals surface area contributed by atoms with Gasteiger partial charge in [-0.2, -0.15) is 0 Å². The van der Waals surface area contributed by atoms with Gasteiger partial charge in [0, 0.05) is 11.8 Å². The molecule has 3 nitrogen and oxygen atoms in total. The van der Waals surface area contributed by atoms with Crippen LogP contribution in [-0.4, -0.2) is 17.2 Å². The molecule has 0 aliphatic heterocycles. The summed E-state index contributed by atoms with van der Waals surface area (Å²) in [4.78, 5) is 11.9. The summed E-state index contributed by atoms with van der Waals surface area (Å²) in [6.07, 6.45) is 3.45. The first kappa shape index (κ1) is 17.8. The van der Waals surface area contributed by atoms with Gasteiger partial charge in [0.15, 0.2) is 0 Å². The Balaban J connectivity index is 3.57. The largest absolute Gasteiger partial charge is 0.508 e. The highest BCUT2D eigenvalue weighted by Gasteiger charge is 2.59. The van der Waals surface area contributed by atoms with Gasteiger partial charge >= 0.3 is 5.97 Å². The summed E-state index contributed by atoms with van der Waals surface area (Å²) >= 11 is 0. The van der Waals surface area contributed by atoms with Crippen LogP contribution in [0.1, 0.15) is 61.8 Å². The maximum absolute atomic E-state index is 11.9. The van der Waals surface area contributed by atoms with Gasteiger partial charge in [0.25, 0.3) is 0 Å². The molecule has 0 spiro atoms. The van der Waals surface area contributed by atoms with Crippen LogP contribution in [0.3, 0.4) is 0 Å². The van der Waals surface area contributed by atoms with E-state index in [2.05, 4.69) is 41.5 Å². The lowest BCUT2D eigenvalue weighted by molar-refractivity contribution is -0.164. The zero-order valence-electron chi connectivity index (χ0n) is 14.7. The van der Waals surface area contributed by atoms with Gasteiger partial charge in [0.1, 0.15) is 11.9 Å². The minimum absolute atomic E-state index is 0.188. The van der Waals surface area contributed by atoms with Gasteiger partial charge in [0.05, 0.1) is 0 Å². The van der Waals surface area contributed by atoms with E-state index in [-0.39, 0.29) is 28.7 Å². The molecule has 0 saturated heterocycles. The number of rotatable bonds is 2. The molecule has 0 fully saturated rings. The molecule has 120 valence electrons. The van der Waals surface area contributed by atoms with Gasteiger partial charge in [-0.25, -0.2) is 0 Å². The quantitative estimate of drug-likeness (QED) is 0.745. The summed E-state index contributed by atoms with van der Waals surface area (Å²) < 4.78 is 5.76. The molecule has 0 heterocycles. The van der Waals surface area contributed by atoms with E-state index < -0.39 is 5.41 Å². The van der Waals surface area contributed by atoms with Crippen molar-refractivity contribution >= 4 is 5.97 Å². The Kier molecular flexibility index (Phi) is 4.67. The second-order valence-electron chi connectivity index (χ2n) is 7.94. The number of hydrogen-bond donors (Lipinski definition) is 1. The van der Waals surface area contributed by atoms with E-state index in [1.165, 1.54) is 0 Å². The van der Waals surface area contributed by atoms with Crippen LogP contribution < -0.4 is 0 Å². The summed E-state index contributed by atoms with van der Waals surface area (Å²) in [6, 6.07) is 0. The van der Waals surface area contributed by atoms with Gasteiger partial charge in [0.2, 0.25) is 0 Å². The molecule has 0 aromatic heterocycles. The molecule has 1 N–H and O–H groups in total. The SMILES string of the molecule is CCC(=O)OC1C=CC(O)=C(C)C1(C(C)(C)C)C(C)(C)C. The van der Waals surface area contributed by atoms with Crippen LogP contribution in [0.5, 0.6) is 0 Å². The van der Waals surface area contributed by atoms with Gasteiger partial charge in [-0.05, 0) is 35.5 Å². The second-order valence-corrected chi connectivity index (χ2v) is 7.94. The average Bonchev–Trinajstić information content (AvgIpc) is 2.30. The molecule has 1 aliphatic carbocycles. The molecule has 0 amide bonds. The van der Waals surface area contributed by atoms with E-state index in [1.807, 2.05) is 13.0 Å². The number of aliphatic hydroxyl groups excluding tert-OH is 1. The van der Waals surface area contributed by atoms with Crippen molar-refractivity contribution in [3.63, 3.8) is 0 Å². The predicted molar refractivity (Wildman–Crippen MR) is 86.0 cm³/mol. The van der Waals surface area contributed by atoms with Crippen molar-refractivity contribution in [1.29, 1.82) is 0 Å². The number of allylic oxidation sites excluding steroid dienone is 1. The van der Waals surface area contributed by atoms with Crippen molar-refractivity contribution in [1.82, 2.24) is 0 Å². The molecular formula is C18H30O3. The van der Waals surface area contributed by atoms with Crippen molar-refractivity contribution in [2.45, 2.75) is 67.9 Å². The second kappa shape index (κ2) is 5.51. The number of esters is 1. The lowest BCUT2D eigenvalue weighted by Crippen LogP contribution is -2.57. The van der Waals surface area contributed by atoms with E-state index in [9.17, 15) is 9.90 Å². The summed E-state index contributed by atoms with van der Waals surface area (Å²) in [6.45, 7) is 16.6. The van der Waals surface area contributed by atoms with Crippen molar-refractivity contribution in [3.05, 3.63) is 23.5 Å². The third kappa shape index (κ3) is 2.75. The number of ether oxygens (including phenoxy) is 1. The number of carbonyl (C=O) groups excluding carboxylic acids is 1. The van der Waals surface area contributed by atoms with E-state index in [0.29, 0.717) is 6.42 Å². The molecule has 1 atom stereocenters. The minimum Gasteiger partial charge on any atom is -0.508 e. The first-order valence-electron chi connectivity index (χ1n) is 7.67. The Morgan fingerprint density at radius 1 is 1.24 bits per heavy atom. The third-order valence-corrected chi connectivity index (χ3v) is 4.74. The molecule has 0 aromatic carbocycles. The summed E-state index contributed by atoms with van der Waals surface area (Å²) in [5.74, 6) is 0.0698. The fourth-order valence-electron chi connectivity index (χ4n) is 4.32. The maximum atomic E-state index is 11.9. The lowest BCUT2D eigenvalue weighted by Gasteiger charge is -2.58. The summed E-state index contributed by atoms with van der Waals surface area (Å²) in [5.41, 5.74) is 0.0438. The fourth-order valence-corrected chi connectivity index (χ4v) is 4.32. The van der Waals surface area contributed by atoms with Gasteiger partial charge in [-0.1, -0.05) is 48.5 Å². The highest BCUT2D eigenvalue weighted by molar-refractivity contribution is 5.69. The normalized spacial score (nSPS) is 22.4. The molecule has 0 aromatic rings. The molecule has 3 heteroatoms. The van der Waals surface area contributed by atoms with E-state index in [4.69, 9.17) is 4.74 Å². The first-order chi connectivity index (χ1) is 9.39. The molecule has 1 unspecified atom stereocenters. The van der Waals surface area contributed by atoms with Gasteiger partial charge < -0.3 is 9.84 Å². The van der Waals surface area contributed by atoms with Crippen LogP contribution in [0.2, 0.25) is 0 Å². The average molecular weight is 294 g/mol. The minimum atomic E-state index is -0.469. The zero-order valence-corrected chi connectivity index (χ0v) is 14.7. The van der Waals surface area contributed by atoms with Gasteiger partial charge in [-0.15, -0.1) is 0 Å². The Morgan fingerprint density at radius 2 is 1.71 bits per heavy atom. The lowest BCUT2D eigenvalue weighted by atomic mass is 9.47. The van der Waals surface area contributed by atoms with E-state index >= 15 is 0 Å². The molecule has 1 aliphatic rings. The molecule has 0 saturated carbocycles. The Bertz CT molecular complexity index is 456. The molecule has 0 bridgehead atoms. The molecule has 21 heavy (non-hydrogen) atoms. The summed E-state index contributed by atoms with van der Waals surface area (Å²) in [7, 11) is 0. The topological polar surface area (TPSA) is 46.5 Å². The predicted octanol–water partition coefficient (Wildman–Crippen LogP) is 4.79. The highest BCUT2D eigenvalue weighted by atomic mass is 16.5. The van der Waals surface area contributed by atoms with Crippen LogP contribution in [0.15, 0.2) is 23.5 Å². The van der Waals surface area contributed by atoms with Crippen molar-refractivity contribution < 1.29 is 14.6 Å². The van der Waals surface area contributed by atoms with Gasteiger partial charge in [-0.3, -0.25) is 4.79 Å². The smallest absolute Gasteiger partial charge is 0.306 e. The molecule has 1 rings (SSSR count). The zero-order chi connectivity index (χ0) is 16.6. The number of hydrogen-bond acceptors (Lipinski definition) is 3. The van der Waals surface area contributed by atoms with Crippen LogP contribution in [0.25, 0.3) is 0 Å². The molecule has 0 radical (unpaired) electrons. The van der Waals surface area contributed by atoms with Crippen LogP contribution in [0, 0.1) is 16.2 Å². The van der Waals surface area contributed by atoms with Crippen LogP contribution in [0.4, 0.5) is 0 Å². The Hall–Kier alpha value is -1.25. The standard InChI is InChI=1S/C18H30O3/c1-9-15(20)21-14-11-10-13(19)12(2)18(14,16(3,4)5)17(6,7)8/h10-11,14,19H,9H2,1-8H3. The maximum Gasteiger partial charge on any atom is 0.306 e. The van der Waals surface area contributed by atoms with Crippen LogP contribution >= 0.6 is 0 Å². The van der Waals surface area contributed by atoms with E-state index in [1.54, 1.807) is 13.0 Å². The van der Waals surface area contributed by atoms with Crippen LogP contribution in [-0.2, 0) is 9.53 Å². The number of aliphatic hydroxyl groups is 1. The van der Waals surface area contributed by atoms with Crippen molar-refractivity contribution in [2.75, 3.05) is 0 Å². The Morgan fingerprint density at radius 3 is 2.10 bits per heavy atom. The molecular weight excluding hydrogens is 264 g/mol.